The number of aliphatic carboxylic acids is 1. The summed E-state index contributed by atoms with van der Waals surface area (Å²) in [5, 5.41) is 11.1. The number of nitrogens with zero attached hydrogens (tertiary/aromatic N) is 1. The fraction of sp³-hybridized carbons (Fsp3) is 0.100. The second-order valence-corrected chi connectivity index (χ2v) is 13.4. The number of anilines is 1. The van der Waals surface area contributed by atoms with Crippen LogP contribution in [-0.2, 0) is 21.2 Å². The molecule has 0 aliphatic heterocycles. The van der Waals surface area contributed by atoms with Crippen LogP contribution in [-0.4, -0.2) is 45.8 Å². The molecule has 40 heavy (non-hydrogen) atoms. The Labute approximate surface area is 239 Å². The van der Waals surface area contributed by atoms with Crippen LogP contribution in [0.25, 0.3) is 0 Å². The molecule has 8 nitrogen and oxygen atoms in total. The number of benzene rings is 4. The van der Waals surface area contributed by atoms with Crippen molar-refractivity contribution in [3.63, 3.8) is 0 Å². The van der Waals surface area contributed by atoms with E-state index in [2.05, 4.69) is 10.3 Å². The SMILES string of the molecule is NC(=NCc1ccccc1)Nc1ccc(C(=O)[As]c2cccc(S(=O)(=O)[C@@H](CC(=O)O)c3ccccc3)c2)cc1. The predicted molar refractivity (Wildman–Crippen MR) is 157 cm³/mol. The number of nitrogens with two attached hydrogens (primary N) is 1. The molecule has 0 heterocycles. The molecule has 0 aromatic heterocycles. The number of aliphatic imine (C=N–C) groups is 1. The van der Waals surface area contributed by atoms with Gasteiger partial charge in [-0.05, 0) is 0 Å². The van der Waals surface area contributed by atoms with E-state index in [0.717, 1.165) is 5.56 Å². The summed E-state index contributed by atoms with van der Waals surface area (Å²) in [5.41, 5.74) is 8.59. The number of carbonyl (C=O) groups is 2. The minimum absolute atomic E-state index is 0.00646. The van der Waals surface area contributed by atoms with Crippen molar-refractivity contribution >= 4 is 52.1 Å². The van der Waals surface area contributed by atoms with Crippen LogP contribution in [0.4, 0.5) is 5.69 Å². The monoisotopic (exact) mass is 616 g/mol. The molecule has 0 aliphatic carbocycles. The van der Waals surface area contributed by atoms with Gasteiger partial charge in [-0.15, -0.1) is 0 Å². The first-order valence-electron chi connectivity index (χ1n) is 12.3. The van der Waals surface area contributed by atoms with E-state index in [1.807, 2.05) is 30.3 Å². The molecule has 203 valence electrons. The van der Waals surface area contributed by atoms with Crippen LogP contribution in [0.15, 0.2) is 119 Å². The molecule has 0 unspecified atom stereocenters. The average molecular weight is 617 g/mol. The van der Waals surface area contributed by atoms with Crippen molar-refractivity contribution in [2.24, 2.45) is 10.7 Å². The molecule has 0 amide bonds. The van der Waals surface area contributed by atoms with Crippen molar-refractivity contribution in [3.05, 3.63) is 126 Å². The van der Waals surface area contributed by atoms with Crippen LogP contribution in [0.5, 0.6) is 0 Å². The van der Waals surface area contributed by atoms with Gasteiger partial charge in [0.15, 0.2) is 0 Å². The molecular weight excluding hydrogens is 589 g/mol. The Morgan fingerprint density at radius 3 is 2.17 bits per heavy atom. The Morgan fingerprint density at radius 1 is 0.875 bits per heavy atom. The Balaban J connectivity index is 1.44. The number of rotatable bonds is 11. The Kier molecular flexibility index (Phi) is 9.53. The predicted octanol–water partition coefficient (Wildman–Crippen LogP) is 3.77. The Morgan fingerprint density at radius 2 is 1.52 bits per heavy atom. The number of carboxylic acids is 1. The van der Waals surface area contributed by atoms with Crippen LogP contribution in [0.1, 0.15) is 33.2 Å². The fourth-order valence-corrected chi connectivity index (χ4v) is 7.75. The molecule has 4 aromatic carbocycles. The number of hydrogen-bond donors (Lipinski definition) is 3. The molecule has 0 fully saturated rings. The van der Waals surface area contributed by atoms with E-state index in [9.17, 15) is 23.1 Å². The van der Waals surface area contributed by atoms with E-state index in [0.29, 0.717) is 27.7 Å². The first-order valence-corrected chi connectivity index (χ1v) is 15.7. The van der Waals surface area contributed by atoms with Crippen LogP contribution in [0.3, 0.4) is 0 Å². The molecule has 10 heteroatoms. The summed E-state index contributed by atoms with van der Waals surface area (Å²) in [6.45, 7) is 0.442. The van der Waals surface area contributed by atoms with Gasteiger partial charge in [0.25, 0.3) is 0 Å². The molecule has 0 saturated heterocycles. The molecular formula is C30H27AsN3O5S. The number of hydrogen-bond acceptors (Lipinski definition) is 5. The molecule has 1 radical (unpaired) electrons. The van der Waals surface area contributed by atoms with Crippen molar-refractivity contribution in [2.75, 3.05) is 5.32 Å². The fourth-order valence-electron chi connectivity index (χ4n) is 3.95. The summed E-state index contributed by atoms with van der Waals surface area (Å²) in [4.78, 5) is 28.8. The molecule has 1 atom stereocenters. The molecule has 0 aliphatic rings. The summed E-state index contributed by atoms with van der Waals surface area (Å²) in [7, 11) is -4.02. The van der Waals surface area contributed by atoms with Gasteiger partial charge in [-0.2, -0.15) is 0 Å². The summed E-state index contributed by atoms with van der Waals surface area (Å²) in [6, 6.07) is 31.1. The van der Waals surface area contributed by atoms with Crippen molar-refractivity contribution in [1.82, 2.24) is 0 Å². The first-order chi connectivity index (χ1) is 19.2. The maximum absolute atomic E-state index is 13.5. The van der Waals surface area contributed by atoms with Gasteiger partial charge in [0, 0.05) is 0 Å². The van der Waals surface area contributed by atoms with Crippen molar-refractivity contribution in [2.45, 2.75) is 23.1 Å². The zero-order valence-corrected chi connectivity index (χ0v) is 24.0. The molecule has 0 bridgehead atoms. The summed E-state index contributed by atoms with van der Waals surface area (Å²) >= 11 is -1.04. The van der Waals surface area contributed by atoms with E-state index in [4.69, 9.17) is 5.73 Å². The van der Waals surface area contributed by atoms with E-state index >= 15 is 0 Å². The van der Waals surface area contributed by atoms with Crippen molar-refractivity contribution in [3.8, 4) is 0 Å². The van der Waals surface area contributed by atoms with Crippen LogP contribution >= 0.6 is 0 Å². The zero-order chi connectivity index (χ0) is 28.5. The molecule has 0 spiro atoms. The van der Waals surface area contributed by atoms with Crippen LogP contribution < -0.4 is 15.4 Å². The minimum atomic E-state index is -4.02. The van der Waals surface area contributed by atoms with Crippen LogP contribution in [0.2, 0.25) is 0 Å². The Hall–Kier alpha value is -4.20. The van der Waals surface area contributed by atoms with E-state index in [-0.39, 0.29) is 15.4 Å². The average Bonchev–Trinajstić information content (AvgIpc) is 2.96. The molecule has 0 saturated carbocycles. The van der Waals surface area contributed by atoms with Gasteiger partial charge in [-0.1, -0.05) is 6.07 Å². The van der Waals surface area contributed by atoms with Gasteiger partial charge >= 0.3 is 234 Å². The number of carboxylic acid groups (broad SMARTS) is 1. The number of carbonyl (C=O) groups excluding carboxylic acids is 1. The summed E-state index contributed by atoms with van der Waals surface area (Å²) in [5.74, 6) is -0.957. The zero-order valence-electron chi connectivity index (χ0n) is 21.3. The number of nitrogens with one attached hydrogen (secondary N) is 1. The third kappa shape index (κ3) is 7.68. The molecule has 4 N–H and O–H groups in total. The van der Waals surface area contributed by atoms with E-state index in [1.165, 1.54) is 12.1 Å². The van der Waals surface area contributed by atoms with Gasteiger partial charge in [-0.3, -0.25) is 0 Å². The standard InChI is InChI=1S/C30H27AsN3O5S/c32-30(33-20-21-8-3-1-4-9-21)34-25-16-14-23(15-17-25)29(37)31-24-12-7-13-26(18-24)40(38,39)27(19-28(35)36)22-10-5-2-6-11-22/h1-18,27H,19-20H2,(H,35,36)(H3,32,33,34)/t27-/m0/s1. The topological polar surface area (TPSA) is 139 Å². The van der Waals surface area contributed by atoms with Gasteiger partial charge in [-0.25, -0.2) is 0 Å². The number of guanidine groups is 1. The second kappa shape index (κ2) is 13.2. The first kappa shape index (κ1) is 28.8. The van der Waals surface area contributed by atoms with E-state index < -0.39 is 43.2 Å². The van der Waals surface area contributed by atoms with E-state index in [1.54, 1.807) is 66.7 Å². The van der Waals surface area contributed by atoms with Gasteiger partial charge < -0.3 is 0 Å². The van der Waals surface area contributed by atoms with Crippen molar-refractivity contribution < 1.29 is 23.1 Å². The van der Waals surface area contributed by atoms with Crippen molar-refractivity contribution in [1.29, 1.82) is 0 Å². The molecule has 4 aromatic rings. The number of sulfone groups is 1. The quantitative estimate of drug-likeness (QED) is 0.133. The summed E-state index contributed by atoms with van der Waals surface area (Å²) in [6.07, 6.45) is -0.564. The van der Waals surface area contributed by atoms with Gasteiger partial charge in [0.1, 0.15) is 0 Å². The van der Waals surface area contributed by atoms with Gasteiger partial charge in [0.05, 0.1) is 0 Å². The third-order valence-corrected chi connectivity index (χ3v) is 10.2. The Bertz CT molecular complexity index is 1610. The maximum atomic E-state index is 13.5. The third-order valence-electron chi connectivity index (χ3n) is 5.96. The van der Waals surface area contributed by atoms with Gasteiger partial charge in [0.2, 0.25) is 0 Å². The normalized spacial score (nSPS) is 12.8. The molecule has 4 rings (SSSR count). The van der Waals surface area contributed by atoms with Crippen LogP contribution in [0, 0.1) is 0 Å². The second-order valence-electron chi connectivity index (χ2n) is 8.85. The summed E-state index contributed by atoms with van der Waals surface area (Å²) < 4.78 is 27.4.